The van der Waals surface area contributed by atoms with Gasteiger partial charge in [0.2, 0.25) is 0 Å². The van der Waals surface area contributed by atoms with Crippen LogP contribution in [-0.2, 0) is 6.54 Å². The van der Waals surface area contributed by atoms with E-state index in [0.717, 1.165) is 16.7 Å². The zero-order chi connectivity index (χ0) is 14.0. The second-order valence-electron chi connectivity index (χ2n) is 5.37. The van der Waals surface area contributed by atoms with Gasteiger partial charge in [0, 0.05) is 11.6 Å². The molecule has 1 aromatic carbocycles. The number of hydrogen-bond donors (Lipinski definition) is 0. The molecule has 0 aromatic heterocycles. The van der Waals surface area contributed by atoms with Crippen molar-refractivity contribution in [2.24, 2.45) is 5.92 Å². The summed E-state index contributed by atoms with van der Waals surface area (Å²) in [6.45, 7) is 7.34. The third kappa shape index (κ3) is 3.55. The first-order valence-electron chi connectivity index (χ1n) is 6.54. The van der Waals surface area contributed by atoms with Crippen LogP contribution in [0.1, 0.15) is 26.3 Å². The van der Waals surface area contributed by atoms with Gasteiger partial charge in [-0.1, -0.05) is 60.8 Å². The highest BCUT2D eigenvalue weighted by molar-refractivity contribution is 6.30. The highest BCUT2D eigenvalue weighted by Crippen LogP contribution is 2.29. The molecular formula is C16H19Cl2N. The number of nitrogens with zero attached hydrogens (tertiary/aromatic N) is 1. The van der Waals surface area contributed by atoms with E-state index in [-0.39, 0.29) is 0 Å². The molecule has 1 heterocycles. The fraction of sp³-hybridized carbons (Fsp3) is 0.375. The van der Waals surface area contributed by atoms with E-state index in [1.54, 1.807) is 0 Å². The summed E-state index contributed by atoms with van der Waals surface area (Å²) in [5.74, 6) is 0.518. The standard InChI is InChI=1S/C16H19Cl2N/c1-11(2)15-8-12(3)9-16(18)19(15)10-13-4-6-14(17)7-5-13/h4-9,11,15H,10H2,1-3H3. The van der Waals surface area contributed by atoms with Crippen LogP contribution in [0.25, 0.3) is 0 Å². The Hall–Kier alpha value is -0.920. The maximum atomic E-state index is 6.42. The molecule has 1 aliphatic heterocycles. The van der Waals surface area contributed by atoms with Crippen molar-refractivity contribution in [3.8, 4) is 0 Å². The monoisotopic (exact) mass is 295 g/mol. The molecule has 19 heavy (non-hydrogen) atoms. The molecule has 3 heteroatoms. The van der Waals surface area contributed by atoms with Crippen molar-refractivity contribution in [2.45, 2.75) is 33.4 Å². The lowest BCUT2D eigenvalue weighted by Crippen LogP contribution is -2.37. The van der Waals surface area contributed by atoms with E-state index in [2.05, 4.69) is 43.9 Å². The molecule has 0 saturated heterocycles. The fourth-order valence-electron chi connectivity index (χ4n) is 2.34. The Morgan fingerprint density at radius 1 is 1.16 bits per heavy atom. The highest BCUT2D eigenvalue weighted by Gasteiger charge is 2.24. The largest absolute Gasteiger partial charge is 0.351 e. The van der Waals surface area contributed by atoms with Crippen LogP contribution in [0.3, 0.4) is 0 Å². The van der Waals surface area contributed by atoms with Crippen LogP contribution in [0.5, 0.6) is 0 Å². The first-order valence-corrected chi connectivity index (χ1v) is 7.29. The van der Waals surface area contributed by atoms with Gasteiger partial charge in [-0.05, 0) is 36.6 Å². The predicted molar refractivity (Wildman–Crippen MR) is 83.3 cm³/mol. The summed E-state index contributed by atoms with van der Waals surface area (Å²) in [4.78, 5) is 2.24. The molecule has 0 N–H and O–H groups in total. The molecule has 0 amide bonds. The van der Waals surface area contributed by atoms with Crippen LogP contribution in [0.15, 0.2) is 47.1 Å². The smallest absolute Gasteiger partial charge is 0.105 e. The summed E-state index contributed by atoms with van der Waals surface area (Å²) in [6, 6.07) is 8.28. The Bertz CT molecular complexity index is 500. The molecule has 0 aliphatic carbocycles. The quantitative estimate of drug-likeness (QED) is 0.692. The average molecular weight is 296 g/mol. The number of rotatable bonds is 3. The number of benzene rings is 1. The minimum atomic E-state index is 0.341. The van der Waals surface area contributed by atoms with Crippen molar-refractivity contribution in [3.05, 3.63) is 57.7 Å². The van der Waals surface area contributed by atoms with Gasteiger partial charge >= 0.3 is 0 Å². The van der Waals surface area contributed by atoms with Gasteiger partial charge < -0.3 is 4.90 Å². The number of hydrogen-bond acceptors (Lipinski definition) is 1. The van der Waals surface area contributed by atoms with Crippen molar-refractivity contribution in [3.63, 3.8) is 0 Å². The molecule has 1 atom stereocenters. The molecule has 0 radical (unpaired) electrons. The molecule has 2 rings (SSSR count). The van der Waals surface area contributed by atoms with E-state index in [9.17, 15) is 0 Å². The first kappa shape index (κ1) is 14.5. The Balaban J connectivity index is 2.22. The second kappa shape index (κ2) is 6.02. The Kier molecular flexibility index (Phi) is 4.59. The van der Waals surface area contributed by atoms with Crippen LogP contribution in [0.2, 0.25) is 5.02 Å². The molecule has 1 nitrogen and oxygen atoms in total. The van der Waals surface area contributed by atoms with Crippen LogP contribution in [0, 0.1) is 5.92 Å². The first-order chi connectivity index (χ1) is 8.97. The molecule has 0 saturated carbocycles. The summed E-state index contributed by atoms with van der Waals surface area (Å²) in [5.41, 5.74) is 2.45. The third-order valence-corrected chi connectivity index (χ3v) is 3.94. The summed E-state index contributed by atoms with van der Waals surface area (Å²) in [7, 11) is 0. The van der Waals surface area contributed by atoms with Gasteiger partial charge in [0.15, 0.2) is 0 Å². The summed E-state index contributed by atoms with van der Waals surface area (Å²) < 4.78 is 0. The fourth-order valence-corrected chi connectivity index (χ4v) is 2.81. The van der Waals surface area contributed by atoms with Crippen molar-refractivity contribution in [2.75, 3.05) is 0 Å². The van der Waals surface area contributed by atoms with E-state index in [1.807, 2.05) is 18.2 Å². The van der Waals surface area contributed by atoms with Crippen molar-refractivity contribution in [1.82, 2.24) is 4.90 Å². The zero-order valence-electron chi connectivity index (χ0n) is 11.5. The van der Waals surface area contributed by atoms with Gasteiger partial charge in [-0.2, -0.15) is 0 Å². The van der Waals surface area contributed by atoms with E-state index >= 15 is 0 Å². The normalized spacial score (nSPS) is 19.5. The Morgan fingerprint density at radius 3 is 2.37 bits per heavy atom. The molecule has 0 fully saturated rings. The van der Waals surface area contributed by atoms with Gasteiger partial charge in [-0.3, -0.25) is 0 Å². The minimum Gasteiger partial charge on any atom is -0.351 e. The maximum absolute atomic E-state index is 6.42. The van der Waals surface area contributed by atoms with Crippen molar-refractivity contribution in [1.29, 1.82) is 0 Å². The van der Waals surface area contributed by atoms with E-state index < -0.39 is 0 Å². The average Bonchev–Trinajstić information content (AvgIpc) is 2.34. The van der Waals surface area contributed by atoms with E-state index in [1.165, 1.54) is 11.1 Å². The zero-order valence-corrected chi connectivity index (χ0v) is 13.0. The van der Waals surface area contributed by atoms with Gasteiger partial charge in [-0.25, -0.2) is 0 Å². The summed E-state index contributed by atoms with van der Waals surface area (Å²) >= 11 is 12.3. The minimum absolute atomic E-state index is 0.341. The summed E-state index contributed by atoms with van der Waals surface area (Å²) in [6.07, 6.45) is 4.31. The van der Waals surface area contributed by atoms with E-state index in [0.29, 0.717) is 12.0 Å². The lowest BCUT2D eigenvalue weighted by molar-refractivity contribution is 0.243. The van der Waals surface area contributed by atoms with Crippen LogP contribution < -0.4 is 0 Å². The van der Waals surface area contributed by atoms with Gasteiger partial charge in [-0.15, -0.1) is 0 Å². The number of halogens is 2. The Morgan fingerprint density at radius 2 is 1.79 bits per heavy atom. The lowest BCUT2D eigenvalue weighted by Gasteiger charge is -2.36. The van der Waals surface area contributed by atoms with Crippen LogP contribution >= 0.6 is 23.2 Å². The van der Waals surface area contributed by atoms with Gasteiger partial charge in [0.1, 0.15) is 5.16 Å². The van der Waals surface area contributed by atoms with Crippen molar-refractivity contribution < 1.29 is 0 Å². The Labute approximate surface area is 125 Å². The second-order valence-corrected chi connectivity index (χ2v) is 6.19. The summed E-state index contributed by atoms with van der Waals surface area (Å²) in [5, 5.41) is 1.58. The maximum Gasteiger partial charge on any atom is 0.105 e. The third-order valence-electron chi connectivity index (χ3n) is 3.36. The molecule has 1 aliphatic rings. The highest BCUT2D eigenvalue weighted by atomic mass is 35.5. The topological polar surface area (TPSA) is 3.24 Å². The molecule has 0 bridgehead atoms. The molecule has 1 unspecified atom stereocenters. The molecule has 1 aromatic rings. The number of allylic oxidation sites excluding steroid dienone is 2. The predicted octanol–water partition coefficient (Wildman–Crippen LogP) is 5.21. The van der Waals surface area contributed by atoms with Crippen LogP contribution in [-0.4, -0.2) is 10.9 Å². The molecule has 102 valence electrons. The van der Waals surface area contributed by atoms with Crippen molar-refractivity contribution >= 4 is 23.2 Å². The molecule has 0 spiro atoms. The van der Waals surface area contributed by atoms with E-state index in [4.69, 9.17) is 23.2 Å². The SMILES string of the molecule is CC1=CC(C(C)C)N(Cc2ccc(Cl)cc2)C(Cl)=C1. The van der Waals surface area contributed by atoms with Gasteiger partial charge in [0.05, 0.1) is 6.04 Å². The lowest BCUT2D eigenvalue weighted by atomic mass is 9.97. The van der Waals surface area contributed by atoms with Crippen LogP contribution in [0.4, 0.5) is 0 Å². The van der Waals surface area contributed by atoms with Gasteiger partial charge in [0.25, 0.3) is 0 Å². The molecular weight excluding hydrogens is 277 g/mol.